The van der Waals surface area contributed by atoms with Crippen LogP contribution in [0.2, 0.25) is 0 Å². The third-order valence-corrected chi connectivity index (χ3v) is 8.35. The summed E-state index contributed by atoms with van der Waals surface area (Å²) in [4.78, 5) is 14.0. The molecule has 39 heavy (non-hydrogen) atoms. The number of H-pyrrole nitrogens is 1. The average Bonchev–Trinajstić information content (AvgIpc) is 3.44. The largest absolute Gasteiger partial charge is 0.493 e. The predicted molar refractivity (Wildman–Crippen MR) is 159 cm³/mol. The van der Waals surface area contributed by atoms with Crippen molar-refractivity contribution in [1.29, 1.82) is 0 Å². The number of aromatic nitrogens is 2. The van der Waals surface area contributed by atoms with Gasteiger partial charge in [0.15, 0.2) is 5.78 Å². The number of hydrogen-bond acceptors (Lipinski definition) is 3. The van der Waals surface area contributed by atoms with E-state index in [2.05, 4.69) is 70.5 Å². The molecule has 1 aromatic heterocycles. The Morgan fingerprint density at radius 1 is 1.13 bits per heavy atom. The molecule has 0 saturated carbocycles. The molecule has 210 valence electrons. The second kappa shape index (κ2) is 13.7. The Kier molecular flexibility index (Phi) is 10.7. The van der Waals surface area contributed by atoms with E-state index in [4.69, 9.17) is 4.74 Å². The summed E-state index contributed by atoms with van der Waals surface area (Å²) < 4.78 is 19.8. The molecular weight excluding hydrogens is 487 g/mol. The van der Waals surface area contributed by atoms with E-state index in [1.807, 2.05) is 19.2 Å². The molecule has 1 aliphatic heterocycles. The fourth-order valence-electron chi connectivity index (χ4n) is 5.08. The molecule has 4 nitrogen and oxygen atoms in total. The predicted octanol–water partition coefficient (Wildman–Crippen LogP) is 8.79. The molecule has 0 amide bonds. The van der Waals surface area contributed by atoms with Gasteiger partial charge in [-0.25, -0.2) is 4.39 Å². The van der Waals surface area contributed by atoms with Crippen LogP contribution in [0.1, 0.15) is 90.5 Å². The minimum absolute atomic E-state index is 0.00482. The van der Waals surface area contributed by atoms with Crippen LogP contribution >= 0.6 is 0 Å². The number of allylic oxidation sites excluding steroid dienone is 7. The second-order valence-corrected chi connectivity index (χ2v) is 10.9. The maximum Gasteiger partial charge on any atom is 0.169 e. The first-order valence-electron chi connectivity index (χ1n) is 14.4. The monoisotopic (exact) mass is 532 g/mol. The summed E-state index contributed by atoms with van der Waals surface area (Å²) in [6.07, 6.45) is 11.4. The van der Waals surface area contributed by atoms with Crippen LogP contribution in [0, 0.1) is 23.6 Å². The first kappa shape index (κ1) is 30.3. The molecule has 1 aliphatic rings. The Balaban J connectivity index is 2.07. The molecule has 4 atom stereocenters. The van der Waals surface area contributed by atoms with E-state index in [1.165, 1.54) is 17.7 Å². The molecule has 5 heteroatoms. The third kappa shape index (κ3) is 6.87. The summed E-state index contributed by atoms with van der Waals surface area (Å²) in [6.45, 7) is 19.7. The van der Waals surface area contributed by atoms with Gasteiger partial charge in [0.1, 0.15) is 11.6 Å². The van der Waals surface area contributed by atoms with Gasteiger partial charge in [0.25, 0.3) is 0 Å². The van der Waals surface area contributed by atoms with Crippen LogP contribution in [0.25, 0.3) is 5.57 Å². The number of fused-ring (bicyclic) bond motifs is 1. The normalized spacial score (nSPS) is 18.7. The SMILES string of the molecule is C=C(C(=C\C=C(\c1cn[nH]c1C(C)CC)C(C)CC)/C(=C\C)C(=O)C1COc2ccc(F)cc2C1)C(C)CC. The molecule has 2 heterocycles. The van der Waals surface area contributed by atoms with Gasteiger partial charge in [-0.3, -0.25) is 9.89 Å². The summed E-state index contributed by atoms with van der Waals surface area (Å²) in [7, 11) is 0. The Bertz CT molecular complexity index is 1270. The van der Waals surface area contributed by atoms with Gasteiger partial charge in [-0.15, -0.1) is 0 Å². The lowest BCUT2D eigenvalue weighted by molar-refractivity contribution is -0.120. The lowest BCUT2D eigenvalue weighted by Gasteiger charge is -2.27. The maximum absolute atomic E-state index is 14.0. The number of halogens is 1. The van der Waals surface area contributed by atoms with Crippen molar-refractivity contribution in [3.8, 4) is 5.75 Å². The number of Topliss-reactive ketones (excluding diaryl/α,β-unsaturated/α-hetero) is 1. The highest BCUT2D eigenvalue weighted by molar-refractivity contribution is 6.02. The Morgan fingerprint density at radius 2 is 1.85 bits per heavy atom. The van der Waals surface area contributed by atoms with Crippen molar-refractivity contribution in [2.24, 2.45) is 17.8 Å². The minimum Gasteiger partial charge on any atom is -0.493 e. The smallest absolute Gasteiger partial charge is 0.169 e. The lowest BCUT2D eigenvalue weighted by Crippen LogP contribution is -2.30. The summed E-state index contributed by atoms with van der Waals surface area (Å²) in [5.74, 6) is 0.832. The quantitative estimate of drug-likeness (QED) is 0.219. The molecule has 0 radical (unpaired) electrons. The number of hydrogen-bond donors (Lipinski definition) is 1. The molecule has 0 saturated heterocycles. The van der Waals surface area contributed by atoms with Crippen molar-refractivity contribution in [2.75, 3.05) is 6.61 Å². The van der Waals surface area contributed by atoms with Gasteiger partial charge in [0.2, 0.25) is 0 Å². The number of carbonyl (C=O) groups excluding carboxylic acids is 1. The number of aromatic amines is 1. The van der Waals surface area contributed by atoms with Gasteiger partial charge in [-0.2, -0.15) is 5.10 Å². The van der Waals surface area contributed by atoms with Crippen LogP contribution in [0.4, 0.5) is 4.39 Å². The van der Waals surface area contributed by atoms with Gasteiger partial charge in [0.05, 0.1) is 18.7 Å². The highest BCUT2D eigenvalue weighted by Crippen LogP contribution is 2.36. The molecular formula is C34H45FN2O2. The van der Waals surface area contributed by atoms with Crippen LogP contribution < -0.4 is 4.74 Å². The second-order valence-electron chi connectivity index (χ2n) is 10.9. The standard InChI is InChI=1S/C34H45FN2O2/c1-9-21(5)24(8)30(15-14-29(22(6)10-2)31-19-36-37-33(31)23(7)11-3)28(12-4)34(38)26-17-25-18-27(35)13-16-32(25)39-20-26/h12-16,18-19,21-23,26H,8-11,17,20H2,1-7H3,(H,36,37)/b28-12+,29-14+,30-15+. The average molecular weight is 533 g/mol. The van der Waals surface area contributed by atoms with Crippen molar-refractivity contribution in [3.63, 3.8) is 0 Å². The highest BCUT2D eigenvalue weighted by Gasteiger charge is 2.30. The van der Waals surface area contributed by atoms with Crippen molar-refractivity contribution >= 4 is 11.4 Å². The number of nitrogens with one attached hydrogen (secondary N) is 1. The Labute approximate surface area is 234 Å². The number of nitrogens with zero attached hydrogens (tertiary/aromatic N) is 1. The summed E-state index contributed by atoms with van der Waals surface area (Å²) in [5, 5.41) is 7.61. The van der Waals surface area contributed by atoms with Crippen LogP contribution in [-0.4, -0.2) is 22.6 Å². The number of rotatable bonds is 12. The molecule has 0 bridgehead atoms. The zero-order valence-electron chi connectivity index (χ0n) is 24.7. The van der Waals surface area contributed by atoms with Gasteiger partial charge in [0, 0.05) is 16.8 Å². The zero-order chi connectivity index (χ0) is 28.7. The number of ketones is 1. The number of benzene rings is 1. The summed E-state index contributed by atoms with van der Waals surface area (Å²) in [5.41, 5.74) is 6.65. The van der Waals surface area contributed by atoms with Crippen LogP contribution in [0.5, 0.6) is 5.75 Å². The molecule has 1 aromatic carbocycles. The van der Waals surface area contributed by atoms with E-state index in [-0.39, 0.29) is 30.0 Å². The third-order valence-electron chi connectivity index (χ3n) is 8.35. The summed E-state index contributed by atoms with van der Waals surface area (Å²) >= 11 is 0. The molecule has 3 rings (SSSR count). The van der Waals surface area contributed by atoms with E-state index >= 15 is 0 Å². The van der Waals surface area contributed by atoms with Crippen molar-refractivity contribution in [2.45, 2.75) is 80.1 Å². The van der Waals surface area contributed by atoms with E-state index in [1.54, 1.807) is 6.07 Å². The molecule has 4 unspecified atom stereocenters. The van der Waals surface area contributed by atoms with Crippen molar-refractivity contribution in [1.82, 2.24) is 10.2 Å². The molecule has 0 aliphatic carbocycles. The van der Waals surface area contributed by atoms with Crippen molar-refractivity contribution < 1.29 is 13.9 Å². The molecule has 1 N–H and O–H groups in total. The number of ether oxygens (including phenoxy) is 1. The zero-order valence-corrected chi connectivity index (χ0v) is 24.7. The maximum atomic E-state index is 14.0. The minimum atomic E-state index is -0.387. The van der Waals surface area contributed by atoms with Gasteiger partial charge in [-0.05, 0) is 90.8 Å². The van der Waals surface area contributed by atoms with Crippen LogP contribution in [0.3, 0.4) is 0 Å². The summed E-state index contributed by atoms with van der Waals surface area (Å²) in [6, 6.07) is 4.51. The van der Waals surface area contributed by atoms with E-state index in [0.717, 1.165) is 47.2 Å². The number of carbonyl (C=O) groups is 1. The lowest BCUT2D eigenvalue weighted by atomic mass is 9.81. The molecule has 0 spiro atoms. The van der Waals surface area contributed by atoms with Crippen molar-refractivity contribution in [3.05, 3.63) is 88.6 Å². The van der Waals surface area contributed by atoms with E-state index in [0.29, 0.717) is 29.6 Å². The first-order chi connectivity index (χ1) is 18.7. The molecule has 2 aromatic rings. The Hall–Kier alpha value is -3.21. The van der Waals surface area contributed by atoms with Gasteiger partial charge >= 0.3 is 0 Å². The van der Waals surface area contributed by atoms with E-state index in [9.17, 15) is 9.18 Å². The Morgan fingerprint density at radius 3 is 2.49 bits per heavy atom. The highest BCUT2D eigenvalue weighted by atomic mass is 19.1. The van der Waals surface area contributed by atoms with Crippen LogP contribution in [-0.2, 0) is 11.2 Å². The van der Waals surface area contributed by atoms with Gasteiger partial charge in [-0.1, -0.05) is 66.3 Å². The molecule has 0 fully saturated rings. The van der Waals surface area contributed by atoms with Gasteiger partial charge < -0.3 is 4.74 Å². The fourth-order valence-corrected chi connectivity index (χ4v) is 5.08. The first-order valence-corrected chi connectivity index (χ1v) is 14.4. The fraction of sp³-hybridized carbons (Fsp3) is 0.471. The topological polar surface area (TPSA) is 55.0 Å². The van der Waals surface area contributed by atoms with Crippen LogP contribution in [0.15, 0.2) is 65.9 Å². The van der Waals surface area contributed by atoms with E-state index < -0.39 is 0 Å².